The fourth-order valence-corrected chi connectivity index (χ4v) is 5.75. The molecule has 1 aliphatic rings. The molecule has 4 rings (SSSR count). The van der Waals surface area contributed by atoms with Gasteiger partial charge in [0.15, 0.2) is 9.84 Å². The number of nitrogens with zero attached hydrogens (tertiary/aromatic N) is 2. The van der Waals surface area contributed by atoms with Crippen molar-refractivity contribution in [2.75, 3.05) is 11.5 Å². The highest BCUT2D eigenvalue weighted by Gasteiger charge is 2.29. The van der Waals surface area contributed by atoms with E-state index < -0.39 is 9.84 Å². The second-order valence-corrected chi connectivity index (χ2v) is 10.0. The average molecular weight is 424 g/mol. The normalized spacial score (nSPS) is 17.7. The van der Waals surface area contributed by atoms with Crippen LogP contribution in [0.3, 0.4) is 0 Å². The second-order valence-electron chi connectivity index (χ2n) is 7.81. The lowest BCUT2D eigenvalue weighted by atomic mass is 9.98. The highest BCUT2D eigenvalue weighted by molar-refractivity contribution is 7.91. The maximum atomic E-state index is 12.3. The van der Waals surface area contributed by atoms with Crippen molar-refractivity contribution in [3.05, 3.63) is 78.1 Å². The number of amides is 1. The van der Waals surface area contributed by atoms with Crippen LogP contribution in [-0.4, -0.2) is 35.6 Å². The zero-order valence-corrected chi connectivity index (χ0v) is 17.5. The van der Waals surface area contributed by atoms with Crippen molar-refractivity contribution in [1.82, 2.24) is 15.1 Å². The molecule has 1 atom stereocenters. The number of carbonyl (C=O) groups excluding carboxylic acids is 1. The summed E-state index contributed by atoms with van der Waals surface area (Å²) in [5.41, 5.74) is 4.36. The number of nitrogens with one attached hydrogen (secondary N) is 1. The van der Waals surface area contributed by atoms with Crippen molar-refractivity contribution in [3.63, 3.8) is 0 Å². The second kappa shape index (κ2) is 8.83. The molecule has 1 amide bonds. The molecule has 0 radical (unpaired) electrons. The Labute approximate surface area is 176 Å². The van der Waals surface area contributed by atoms with Gasteiger partial charge in [0.1, 0.15) is 0 Å². The van der Waals surface area contributed by atoms with Gasteiger partial charge in [-0.3, -0.25) is 9.48 Å². The quantitative estimate of drug-likeness (QED) is 0.633. The molecule has 0 bridgehead atoms. The van der Waals surface area contributed by atoms with E-state index in [-0.39, 0.29) is 29.8 Å². The van der Waals surface area contributed by atoms with Gasteiger partial charge in [-0.15, -0.1) is 0 Å². The summed E-state index contributed by atoms with van der Waals surface area (Å²) in [5.74, 6) is 0.167. The molecule has 1 aliphatic heterocycles. The van der Waals surface area contributed by atoms with Crippen LogP contribution in [0.5, 0.6) is 0 Å². The molecule has 1 fully saturated rings. The SMILES string of the molecule is O=C(CC1CCS(=O)(=O)C1)NCc1ccccc1-c1ccc(Cn2cccn2)cc1. The summed E-state index contributed by atoms with van der Waals surface area (Å²) in [7, 11) is -2.96. The van der Waals surface area contributed by atoms with Crippen LogP contribution in [0, 0.1) is 5.92 Å². The van der Waals surface area contributed by atoms with Gasteiger partial charge < -0.3 is 5.32 Å². The predicted molar refractivity (Wildman–Crippen MR) is 116 cm³/mol. The predicted octanol–water partition coefficient (Wildman–Crippen LogP) is 3.04. The van der Waals surface area contributed by atoms with Crippen molar-refractivity contribution in [2.45, 2.75) is 25.9 Å². The van der Waals surface area contributed by atoms with Gasteiger partial charge in [0.2, 0.25) is 5.91 Å². The Kier molecular flexibility index (Phi) is 5.99. The fourth-order valence-electron chi connectivity index (χ4n) is 3.89. The van der Waals surface area contributed by atoms with Gasteiger partial charge in [-0.05, 0) is 40.7 Å². The number of aromatic nitrogens is 2. The summed E-state index contributed by atoms with van der Waals surface area (Å²) >= 11 is 0. The van der Waals surface area contributed by atoms with Crippen LogP contribution in [0.25, 0.3) is 11.1 Å². The molecule has 30 heavy (non-hydrogen) atoms. The van der Waals surface area contributed by atoms with E-state index in [1.54, 1.807) is 6.20 Å². The fraction of sp³-hybridized carbons (Fsp3) is 0.304. The third kappa shape index (κ3) is 5.16. The number of hydrogen-bond donors (Lipinski definition) is 1. The Bertz CT molecular complexity index is 1110. The molecule has 3 aromatic rings. The molecule has 0 aliphatic carbocycles. The standard InChI is InChI=1S/C23H25N3O3S/c27-23(14-19-10-13-30(28,29)17-19)24-15-21-4-1-2-5-22(21)20-8-6-18(7-9-20)16-26-12-3-11-25-26/h1-9,11-12,19H,10,13-17H2,(H,24,27). The highest BCUT2D eigenvalue weighted by Crippen LogP contribution is 2.25. The molecule has 7 heteroatoms. The van der Waals surface area contributed by atoms with Gasteiger partial charge >= 0.3 is 0 Å². The van der Waals surface area contributed by atoms with Crippen molar-refractivity contribution in [3.8, 4) is 11.1 Å². The van der Waals surface area contributed by atoms with E-state index in [0.717, 1.165) is 23.2 Å². The van der Waals surface area contributed by atoms with Gasteiger partial charge in [-0.1, -0.05) is 48.5 Å². The zero-order valence-electron chi connectivity index (χ0n) is 16.7. The lowest BCUT2D eigenvalue weighted by Crippen LogP contribution is -2.25. The average Bonchev–Trinajstić information content (AvgIpc) is 3.36. The lowest BCUT2D eigenvalue weighted by molar-refractivity contribution is -0.122. The van der Waals surface area contributed by atoms with Crippen molar-refractivity contribution in [1.29, 1.82) is 0 Å². The van der Waals surface area contributed by atoms with E-state index >= 15 is 0 Å². The number of hydrogen-bond acceptors (Lipinski definition) is 4. The minimum atomic E-state index is -2.96. The summed E-state index contributed by atoms with van der Waals surface area (Å²) < 4.78 is 25.0. The molecular weight excluding hydrogens is 398 g/mol. The third-order valence-electron chi connectivity index (χ3n) is 5.46. The van der Waals surface area contributed by atoms with Crippen LogP contribution in [0.2, 0.25) is 0 Å². The minimum absolute atomic E-state index is 0.0624. The van der Waals surface area contributed by atoms with E-state index in [4.69, 9.17) is 0 Å². The van der Waals surface area contributed by atoms with Crippen LogP contribution >= 0.6 is 0 Å². The van der Waals surface area contributed by atoms with E-state index in [0.29, 0.717) is 13.0 Å². The van der Waals surface area contributed by atoms with Crippen molar-refractivity contribution < 1.29 is 13.2 Å². The highest BCUT2D eigenvalue weighted by atomic mass is 32.2. The van der Waals surface area contributed by atoms with Gasteiger partial charge in [0, 0.05) is 25.4 Å². The zero-order chi connectivity index (χ0) is 21.0. The number of carbonyl (C=O) groups is 1. The summed E-state index contributed by atoms with van der Waals surface area (Å²) in [6, 6.07) is 18.3. The molecule has 156 valence electrons. The number of rotatable bonds is 7. The van der Waals surface area contributed by atoms with Crippen LogP contribution in [0.1, 0.15) is 24.0 Å². The molecule has 0 saturated carbocycles. The van der Waals surface area contributed by atoms with Crippen LogP contribution in [0.4, 0.5) is 0 Å². The van der Waals surface area contributed by atoms with Gasteiger partial charge in [-0.25, -0.2) is 8.42 Å². The third-order valence-corrected chi connectivity index (χ3v) is 7.30. The molecule has 2 aromatic carbocycles. The Balaban J connectivity index is 1.39. The molecule has 1 N–H and O–H groups in total. The van der Waals surface area contributed by atoms with Crippen LogP contribution < -0.4 is 5.32 Å². The van der Waals surface area contributed by atoms with Crippen molar-refractivity contribution >= 4 is 15.7 Å². The first-order valence-corrected chi connectivity index (χ1v) is 11.9. The van der Waals surface area contributed by atoms with E-state index in [1.807, 2.05) is 41.2 Å². The first-order valence-electron chi connectivity index (χ1n) is 10.1. The Morgan fingerprint density at radius 3 is 2.60 bits per heavy atom. The van der Waals surface area contributed by atoms with E-state index in [1.165, 1.54) is 5.56 Å². The van der Waals surface area contributed by atoms with E-state index in [2.05, 4.69) is 34.7 Å². The maximum Gasteiger partial charge on any atom is 0.220 e. The minimum Gasteiger partial charge on any atom is -0.352 e. The molecule has 2 heterocycles. The Morgan fingerprint density at radius 2 is 1.90 bits per heavy atom. The van der Waals surface area contributed by atoms with Gasteiger partial charge in [0.25, 0.3) is 0 Å². The summed E-state index contributed by atoms with van der Waals surface area (Å²) in [5, 5.41) is 7.19. The molecule has 6 nitrogen and oxygen atoms in total. The Hall–Kier alpha value is -2.93. The lowest BCUT2D eigenvalue weighted by Gasteiger charge is -2.13. The molecule has 0 spiro atoms. The van der Waals surface area contributed by atoms with E-state index in [9.17, 15) is 13.2 Å². The number of benzene rings is 2. The molecule has 1 saturated heterocycles. The first kappa shape index (κ1) is 20.3. The molecular formula is C23H25N3O3S. The van der Waals surface area contributed by atoms with Crippen LogP contribution in [0.15, 0.2) is 67.0 Å². The summed E-state index contributed by atoms with van der Waals surface area (Å²) in [6.45, 7) is 1.14. The number of sulfone groups is 1. The summed E-state index contributed by atoms with van der Waals surface area (Å²) in [6.07, 6.45) is 4.55. The topological polar surface area (TPSA) is 81.1 Å². The largest absolute Gasteiger partial charge is 0.352 e. The smallest absolute Gasteiger partial charge is 0.220 e. The van der Waals surface area contributed by atoms with Crippen LogP contribution in [-0.2, 0) is 27.7 Å². The van der Waals surface area contributed by atoms with Gasteiger partial charge in [0.05, 0.1) is 18.1 Å². The monoisotopic (exact) mass is 423 g/mol. The van der Waals surface area contributed by atoms with Crippen molar-refractivity contribution in [2.24, 2.45) is 5.92 Å². The Morgan fingerprint density at radius 1 is 1.10 bits per heavy atom. The maximum absolute atomic E-state index is 12.3. The molecule has 1 unspecified atom stereocenters. The summed E-state index contributed by atoms with van der Waals surface area (Å²) in [4.78, 5) is 12.3. The van der Waals surface area contributed by atoms with Gasteiger partial charge in [-0.2, -0.15) is 5.10 Å². The first-order chi connectivity index (χ1) is 14.5. The molecule has 1 aromatic heterocycles.